The number of hydrogen-bond acceptors (Lipinski definition) is 3. The number of furan rings is 1. The number of nitrogens with zero attached hydrogens (tertiary/aromatic N) is 2. The Hall–Kier alpha value is -1.76. The standard InChI is InChI=1S/C13H14F3N3O/c14-13(15,16)9-5-18-19(7-9)8-12-4-3-11(20-12)6-17-10-1-2-10/h3-5,7,10,17H,1-2,6,8H2. The van der Waals surface area contributed by atoms with Crippen molar-refractivity contribution in [2.45, 2.75) is 38.1 Å². The molecule has 20 heavy (non-hydrogen) atoms. The Bertz CT molecular complexity index is 584. The molecule has 0 bridgehead atoms. The van der Waals surface area contributed by atoms with Crippen LogP contribution in [0.2, 0.25) is 0 Å². The average Bonchev–Trinajstić information content (AvgIpc) is 2.89. The van der Waals surface area contributed by atoms with Gasteiger partial charge in [0.15, 0.2) is 0 Å². The molecule has 0 atom stereocenters. The molecule has 0 radical (unpaired) electrons. The van der Waals surface area contributed by atoms with Crippen LogP contribution in [0.1, 0.15) is 29.9 Å². The largest absolute Gasteiger partial charge is 0.463 e. The van der Waals surface area contributed by atoms with Crippen LogP contribution in [0.3, 0.4) is 0 Å². The molecule has 1 aliphatic rings. The second-order valence-corrected chi connectivity index (χ2v) is 4.95. The van der Waals surface area contributed by atoms with Crippen LogP contribution in [0.5, 0.6) is 0 Å². The number of nitrogens with one attached hydrogen (secondary N) is 1. The van der Waals surface area contributed by atoms with Gasteiger partial charge in [0.2, 0.25) is 0 Å². The number of hydrogen-bond donors (Lipinski definition) is 1. The van der Waals surface area contributed by atoms with E-state index in [-0.39, 0.29) is 6.54 Å². The maximum Gasteiger partial charge on any atom is 0.419 e. The molecule has 0 saturated heterocycles. The van der Waals surface area contributed by atoms with Gasteiger partial charge < -0.3 is 9.73 Å². The monoisotopic (exact) mass is 285 g/mol. The van der Waals surface area contributed by atoms with Gasteiger partial charge in [-0.25, -0.2) is 0 Å². The molecular formula is C13H14F3N3O. The van der Waals surface area contributed by atoms with Gasteiger partial charge in [-0.3, -0.25) is 4.68 Å². The van der Waals surface area contributed by atoms with E-state index in [4.69, 9.17) is 4.42 Å². The number of rotatable bonds is 5. The molecule has 7 heteroatoms. The van der Waals surface area contributed by atoms with E-state index in [9.17, 15) is 13.2 Å². The van der Waals surface area contributed by atoms with Gasteiger partial charge in [-0.2, -0.15) is 18.3 Å². The molecule has 3 rings (SSSR count). The first-order chi connectivity index (χ1) is 9.50. The molecule has 0 unspecified atom stereocenters. The molecule has 0 aromatic carbocycles. The maximum absolute atomic E-state index is 12.4. The van der Waals surface area contributed by atoms with E-state index in [0.717, 1.165) is 18.2 Å². The summed E-state index contributed by atoms with van der Waals surface area (Å²) in [4.78, 5) is 0. The van der Waals surface area contributed by atoms with Crippen molar-refractivity contribution in [2.24, 2.45) is 0 Å². The average molecular weight is 285 g/mol. The lowest BCUT2D eigenvalue weighted by molar-refractivity contribution is -0.137. The van der Waals surface area contributed by atoms with Crippen LogP contribution in [-0.2, 0) is 19.3 Å². The molecule has 1 saturated carbocycles. The first-order valence-corrected chi connectivity index (χ1v) is 6.41. The third-order valence-electron chi connectivity index (χ3n) is 3.14. The highest BCUT2D eigenvalue weighted by molar-refractivity contribution is 5.11. The van der Waals surface area contributed by atoms with Crippen LogP contribution in [0.15, 0.2) is 28.9 Å². The van der Waals surface area contributed by atoms with Crippen molar-refractivity contribution in [1.82, 2.24) is 15.1 Å². The Labute approximate surface area is 113 Å². The van der Waals surface area contributed by atoms with Crippen LogP contribution in [-0.4, -0.2) is 15.8 Å². The summed E-state index contributed by atoms with van der Waals surface area (Å²) in [6.07, 6.45) is -0.175. The van der Waals surface area contributed by atoms with E-state index in [1.807, 2.05) is 6.07 Å². The molecule has 0 amide bonds. The Balaban J connectivity index is 1.60. The summed E-state index contributed by atoms with van der Waals surface area (Å²) in [5.41, 5.74) is -0.750. The molecule has 4 nitrogen and oxygen atoms in total. The SMILES string of the molecule is FC(F)(F)c1cnn(Cc2ccc(CNC3CC3)o2)c1. The molecule has 1 aliphatic carbocycles. The summed E-state index contributed by atoms with van der Waals surface area (Å²) in [7, 11) is 0. The minimum atomic E-state index is -4.36. The summed E-state index contributed by atoms with van der Waals surface area (Å²) in [6.45, 7) is 0.844. The third-order valence-corrected chi connectivity index (χ3v) is 3.14. The zero-order valence-electron chi connectivity index (χ0n) is 10.7. The van der Waals surface area contributed by atoms with E-state index in [0.29, 0.717) is 18.3 Å². The van der Waals surface area contributed by atoms with E-state index >= 15 is 0 Å². The Kier molecular flexibility index (Phi) is 3.29. The fourth-order valence-corrected chi connectivity index (χ4v) is 1.89. The van der Waals surface area contributed by atoms with Crippen molar-refractivity contribution in [3.05, 3.63) is 41.6 Å². The smallest absolute Gasteiger partial charge is 0.419 e. The van der Waals surface area contributed by atoms with Gasteiger partial charge in [0.1, 0.15) is 11.5 Å². The van der Waals surface area contributed by atoms with Crippen molar-refractivity contribution in [1.29, 1.82) is 0 Å². The van der Waals surface area contributed by atoms with Gasteiger partial charge in [-0.15, -0.1) is 0 Å². The summed E-state index contributed by atoms with van der Waals surface area (Å²) in [6, 6.07) is 4.18. The molecule has 108 valence electrons. The van der Waals surface area contributed by atoms with Gasteiger partial charge in [-0.1, -0.05) is 0 Å². The van der Waals surface area contributed by atoms with Gasteiger partial charge in [0.05, 0.1) is 24.8 Å². The number of halogens is 3. The first-order valence-electron chi connectivity index (χ1n) is 6.41. The second kappa shape index (κ2) is 4.97. The number of alkyl halides is 3. The summed E-state index contributed by atoms with van der Waals surface area (Å²) in [5.74, 6) is 1.38. The predicted molar refractivity (Wildman–Crippen MR) is 64.9 cm³/mol. The van der Waals surface area contributed by atoms with Gasteiger partial charge in [0.25, 0.3) is 0 Å². The molecule has 1 fully saturated rings. The molecule has 2 heterocycles. The van der Waals surface area contributed by atoms with Crippen molar-refractivity contribution in [3.63, 3.8) is 0 Å². The second-order valence-electron chi connectivity index (χ2n) is 4.95. The molecule has 1 N–H and O–H groups in total. The minimum absolute atomic E-state index is 0.194. The lowest BCUT2D eigenvalue weighted by Gasteiger charge is -2.01. The van der Waals surface area contributed by atoms with E-state index < -0.39 is 11.7 Å². The van der Waals surface area contributed by atoms with Crippen molar-refractivity contribution in [2.75, 3.05) is 0 Å². The molecule has 0 spiro atoms. The lowest BCUT2D eigenvalue weighted by atomic mass is 10.3. The first kappa shape index (κ1) is 13.2. The van der Waals surface area contributed by atoms with Gasteiger partial charge in [-0.05, 0) is 25.0 Å². The fourth-order valence-electron chi connectivity index (χ4n) is 1.89. The normalized spacial score (nSPS) is 15.8. The maximum atomic E-state index is 12.4. The van der Waals surface area contributed by atoms with Crippen LogP contribution in [0.25, 0.3) is 0 Å². The topological polar surface area (TPSA) is 43.0 Å². The fraction of sp³-hybridized carbons (Fsp3) is 0.462. The van der Waals surface area contributed by atoms with Crippen molar-refractivity contribution < 1.29 is 17.6 Å². The summed E-state index contributed by atoms with van der Waals surface area (Å²) >= 11 is 0. The van der Waals surface area contributed by atoms with Crippen LogP contribution in [0.4, 0.5) is 13.2 Å². The highest BCUT2D eigenvalue weighted by Crippen LogP contribution is 2.28. The van der Waals surface area contributed by atoms with Crippen molar-refractivity contribution in [3.8, 4) is 0 Å². The summed E-state index contributed by atoms with van der Waals surface area (Å²) in [5, 5.41) is 7.00. The molecule has 2 aromatic rings. The van der Waals surface area contributed by atoms with Crippen LogP contribution < -0.4 is 5.32 Å². The summed E-state index contributed by atoms with van der Waals surface area (Å²) < 4.78 is 44.1. The quantitative estimate of drug-likeness (QED) is 0.918. The van der Waals surface area contributed by atoms with E-state index in [2.05, 4.69) is 10.4 Å². The highest BCUT2D eigenvalue weighted by Gasteiger charge is 2.32. The molecule has 0 aliphatic heterocycles. The van der Waals surface area contributed by atoms with E-state index in [1.54, 1.807) is 6.07 Å². The van der Waals surface area contributed by atoms with Crippen LogP contribution >= 0.6 is 0 Å². The Morgan fingerprint density at radius 3 is 2.70 bits per heavy atom. The predicted octanol–water partition coefficient (Wildman–Crippen LogP) is 2.80. The zero-order chi connectivity index (χ0) is 14.2. The number of aromatic nitrogens is 2. The van der Waals surface area contributed by atoms with Gasteiger partial charge in [0, 0.05) is 12.2 Å². The minimum Gasteiger partial charge on any atom is -0.463 e. The van der Waals surface area contributed by atoms with Gasteiger partial charge >= 0.3 is 6.18 Å². The van der Waals surface area contributed by atoms with E-state index in [1.165, 1.54) is 17.5 Å². The zero-order valence-corrected chi connectivity index (χ0v) is 10.7. The third kappa shape index (κ3) is 3.22. The van der Waals surface area contributed by atoms with Crippen molar-refractivity contribution >= 4 is 0 Å². The molecular weight excluding hydrogens is 271 g/mol. The lowest BCUT2D eigenvalue weighted by Crippen LogP contribution is -2.14. The Morgan fingerprint density at radius 1 is 1.30 bits per heavy atom. The van der Waals surface area contributed by atoms with Crippen LogP contribution in [0, 0.1) is 0 Å². The molecule has 2 aromatic heterocycles. The Morgan fingerprint density at radius 2 is 2.05 bits per heavy atom. The highest BCUT2D eigenvalue weighted by atomic mass is 19.4.